The van der Waals surface area contributed by atoms with Crippen molar-refractivity contribution in [2.75, 3.05) is 4.90 Å². The fraction of sp³-hybridized carbons (Fsp3) is 0.222. The van der Waals surface area contributed by atoms with Crippen LogP contribution in [0.25, 0.3) is 6.08 Å². The number of para-hydroxylation sites is 1. The normalized spacial score (nSPS) is 25.3. The number of hydrogen-bond acceptors (Lipinski definition) is 5. The topological polar surface area (TPSA) is 57.7 Å². The van der Waals surface area contributed by atoms with E-state index < -0.39 is 17.9 Å². The summed E-state index contributed by atoms with van der Waals surface area (Å²) in [6, 6.07) is 16.2. The Morgan fingerprint density at radius 2 is 1.61 bits per heavy atom. The average molecular weight is 455 g/mol. The van der Waals surface area contributed by atoms with Gasteiger partial charge in [0.25, 0.3) is 0 Å². The molecule has 33 heavy (non-hydrogen) atoms. The van der Waals surface area contributed by atoms with Crippen molar-refractivity contribution in [2.24, 2.45) is 11.8 Å². The van der Waals surface area contributed by atoms with Crippen LogP contribution in [0.4, 0.5) is 5.69 Å². The summed E-state index contributed by atoms with van der Waals surface area (Å²) < 4.78 is 0. The van der Waals surface area contributed by atoms with Crippen molar-refractivity contribution in [1.82, 2.24) is 4.90 Å². The van der Waals surface area contributed by atoms with Crippen molar-refractivity contribution in [3.05, 3.63) is 93.3 Å². The highest BCUT2D eigenvalue weighted by molar-refractivity contribution is 7.12. The Balaban J connectivity index is 1.53. The van der Waals surface area contributed by atoms with Crippen molar-refractivity contribution in [3.63, 3.8) is 0 Å². The lowest BCUT2D eigenvalue weighted by Gasteiger charge is -2.35. The van der Waals surface area contributed by atoms with Gasteiger partial charge < -0.3 is 4.90 Å². The Morgan fingerprint density at radius 1 is 0.879 bits per heavy atom. The number of Topliss-reactive ketones (excluding diaryl/α,β-unsaturated/α-hetero) is 1. The van der Waals surface area contributed by atoms with Crippen molar-refractivity contribution < 1.29 is 14.4 Å². The number of anilines is 1. The molecule has 0 unspecified atom stereocenters. The summed E-state index contributed by atoms with van der Waals surface area (Å²) in [5.74, 6) is -1.94. The molecule has 3 aromatic rings. The van der Waals surface area contributed by atoms with Crippen LogP contribution < -0.4 is 4.90 Å². The summed E-state index contributed by atoms with van der Waals surface area (Å²) in [5.41, 5.74) is 4.40. The second kappa shape index (κ2) is 7.25. The smallest absolute Gasteiger partial charge is 0.240 e. The Bertz CT molecular complexity index is 1320. The van der Waals surface area contributed by atoms with E-state index in [1.54, 1.807) is 6.07 Å². The van der Waals surface area contributed by atoms with Gasteiger partial charge in [0, 0.05) is 6.20 Å². The van der Waals surface area contributed by atoms with Gasteiger partial charge in [0.05, 0.1) is 28.4 Å². The monoisotopic (exact) mass is 454 g/mol. The molecule has 164 valence electrons. The van der Waals surface area contributed by atoms with Crippen molar-refractivity contribution in [2.45, 2.75) is 25.9 Å². The van der Waals surface area contributed by atoms with Crippen LogP contribution in [0.2, 0.25) is 0 Å². The molecule has 4 heterocycles. The molecule has 2 amide bonds. The Kier molecular flexibility index (Phi) is 4.42. The quantitative estimate of drug-likeness (QED) is 0.423. The number of thiophene rings is 1. The highest BCUT2D eigenvalue weighted by Gasteiger charge is 2.64. The summed E-state index contributed by atoms with van der Waals surface area (Å²) in [4.78, 5) is 45.5. The fourth-order valence-corrected chi connectivity index (χ4v) is 6.50. The number of nitrogens with zero attached hydrogens (tertiary/aromatic N) is 2. The van der Waals surface area contributed by atoms with E-state index in [0.29, 0.717) is 10.6 Å². The van der Waals surface area contributed by atoms with Gasteiger partial charge in [-0.1, -0.05) is 48.5 Å². The minimum absolute atomic E-state index is 0.101. The van der Waals surface area contributed by atoms with Crippen molar-refractivity contribution in [1.29, 1.82) is 0 Å². The molecule has 6 heteroatoms. The molecule has 2 fully saturated rings. The molecular formula is C27H22N2O3S. The number of amides is 2. The number of imide groups is 1. The molecule has 2 saturated heterocycles. The minimum atomic E-state index is -0.730. The molecule has 4 atom stereocenters. The van der Waals surface area contributed by atoms with Gasteiger partial charge in [0.1, 0.15) is 6.04 Å². The summed E-state index contributed by atoms with van der Waals surface area (Å²) in [6.45, 7) is 3.83. The zero-order chi connectivity index (χ0) is 22.9. The maximum atomic E-state index is 14.0. The van der Waals surface area contributed by atoms with Crippen molar-refractivity contribution in [3.8, 4) is 0 Å². The molecule has 0 N–H and O–H groups in total. The third-order valence-corrected chi connectivity index (χ3v) is 8.04. The van der Waals surface area contributed by atoms with Gasteiger partial charge in [0.15, 0.2) is 5.78 Å². The van der Waals surface area contributed by atoms with Crippen LogP contribution in [0.15, 0.2) is 66.2 Å². The summed E-state index contributed by atoms with van der Waals surface area (Å²) in [7, 11) is 0. The third kappa shape index (κ3) is 2.74. The maximum absolute atomic E-state index is 14.0. The third-order valence-electron chi connectivity index (χ3n) is 7.16. The number of benzene rings is 2. The average Bonchev–Trinajstić information content (AvgIpc) is 3.51. The van der Waals surface area contributed by atoms with Crippen LogP contribution in [-0.2, 0) is 9.59 Å². The molecule has 0 spiro atoms. The van der Waals surface area contributed by atoms with E-state index in [4.69, 9.17) is 0 Å². The molecule has 3 aliphatic rings. The number of carbonyl (C=O) groups is 3. The molecule has 0 bridgehead atoms. The zero-order valence-corrected chi connectivity index (χ0v) is 19.1. The SMILES string of the molecule is Cc1cccc(C)c1N1C(=O)[C@@H]2[C@H](C1=O)[C@@H]1c3ccccc3C=CN1[C@@H]2C(=O)c1cccs1. The number of carbonyl (C=O) groups excluding carboxylic acids is 3. The van der Waals surface area contributed by atoms with Crippen LogP contribution >= 0.6 is 11.3 Å². The van der Waals surface area contributed by atoms with E-state index in [9.17, 15) is 14.4 Å². The van der Waals surface area contributed by atoms with Gasteiger partial charge in [-0.2, -0.15) is 0 Å². The van der Waals surface area contributed by atoms with Crippen LogP contribution in [0.5, 0.6) is 0 Å². The Hall–Kier alpha value is -3.51. The second-order valence-electron chi connectivity index (χ2n) is 8.93. The fourth-order valence-electron chi connectivity index (χ4n) is 5.80. The first-order chi connectivity index (χ1) is 16.0. The minimum Gasteiger partial charge on any atom is -0.358 e. The van der Waals surface area contributed by atoms with E-state index in [0.717, 1.165) is 22.3 Å². The van der Waals surface area contributed by atoms with E-state index in [2.05, 4.69) is 0 Å². The Morgan fingerprint density at radius 3 is 2.33 bits per heavy atom. The second-order valence-corrected chi connectivity index (χ2v) is 9.87. The van der Waals surface area contributed by atoms with E-state index in [1.807, 2.05) is 84.9 Å². The van der Waals surface area contributed by atoms with Gasteiger partial charge in [-0.05, 0) is 53.6 Å². The molecule has 0 saturated carbocycles. The first kappa shape index (κ1) is 20.1. The van der Waals surface area contributed by atoms with E-state index in [-0.39, 0.29) is 23.6 Å². The molecule has 0 aliphatic carbocycles. The van der Waals surface area contributed by atoms with Gasteiger partial charge in [-0.15, -0.1) is 11.3 Å². The standard InChI is InChI=1S/C27H22N2O3S/c1-15-7-5-8-16(2)22(15)29-26(31)20-21(27(29)32)24(25(30)19-11-6-14-33-19)28-13-12-17-9-3-4-10-18(17)23(20)28/h3-14,20-21,23-24H,1-2H3/t20-,21+,23-,24-/m0/s1. The van der Waals surface area contributed by atoms with Gasteiger partial charge in [-0.25, -0.2) is 4.90 Å². The number of rotatable bonds is 3. The predicted octanol–water partition coefficient (Wildman–Crippen LogP) is 4.76. The molecule has 3 aliphatic heterocycles. The number of aryl methyl sites for hydroxylation is 2. The van der Waals surface area contributed by atoms with Crippen LogP contribution in [-0.4, -0.2) is 28.5 Å². The lowest BCUT2D eigenvalue weighted by molar-refractivity contribution is -0.123. The molecule has 1 aromatic heterocycles. The van der Waals surface area contributed by atoms with Crippen LogP contribution in [0.3, 0.4) is 0 Å². The van der Waals surface area contributed by atoms with Crippen molar-refractivity contribution >= 4 is 40.7 Å². The first-order valence-electron chi connectivity index (χ1n) is 11.1. The van der Waals surface area contributed by atoms with E-state index >= 15 is 0 Å². The highest BCUT2D eigenvalue weighted by Crippen LogP contribution is 2.54. The van der Waals surface area contributed by atoms with Gasteiger partial charge in [0.2, 0.25) is 11.8 Å². The van der Waals surface area contributed by atoms with Gasteiger partial charge in [-0.3, -0.25) is 14.4 Å². The van der Waals surface area contributed by atoms with Gasteiger partial charge >= 0.3 is 0 Å². The molecule has 5 nitrogen and oxygen atoms in total. The number of fused-ring (bicyclic) bond motifs is 5. The summed E-state index contributed by atoms with van der Waals surface area (Å²) in [5, 5.41) is 1.86. The largest absolute Gasteiger partial charge is 0.358 e. The molecular weight excluding hydrogens is 432 g/mol. The summed E-state index contributed by atoms with van der Waals surface area (Å²) >= 11 is 1.37. The lowest BCUT2D eigenvalue weighted by Crippen LogP contribution is -2.44. The van der Waals surface area contributed by atoms with E-state index in [1.165, 1.54) is 16.2 Å². The number of ketones is 1. The molecule has 2 aromatic carbocycles. The predicted molar refractivity (Wildman–Crippen MR) is 128 cm³/mol. The molecule has 6 rings (SSSR count). The highest BCUT2D eigenvalue weighted by atomic mass is 32.1. The number of hydrogen-bond donors (Lipinski definition) is 0. The van der Waals surface area contributed by atoms with Crippen LogP contribution in [0, 0.1) is 25.7 Å². The maximum Gasteiger partial charge on any atom is 0.240 e. The zero-order valence-electron chi connectivity index (χ0n) is 18.3. The van der Waals surface area contributed by atoms with Crippen LogP contribution in [0.1, 0.15) is 38.0 Å². The Labute approximate surface area is 195 Å². The summed E-state index contributed by atoms with van der Waals surface area (Å²) in [6.07, 6.45) is 3.87. The lowest BCUT2D eigenvalue weighted by atomic mass is 9.84. The first-order valence-corrected chi connectivity index (χ1v) is 11.9. The molecule has 0 radical (unpaired) electrons.